The fraction of sp³-hybridized carbons (Fsp3) is 0.394. The number of rotatable bonds is 10. The Morgan fingerprint density at radius 1 is 0.860 bits per heavy atom. The molecule has 228 valence electrons. The molecule has 0 bridgehead atoms. The molecule has 0 spiro atoms. The normalized spacial score (nSPS) is 18.6. The summed E-state index contributed by atoms with van der Waals surface area (Å²) in [5.41, 5.74) is 4.29. The van der Waals surface area contributed by atoms with Crippen LogP contribution in [-0.4, -0.2) is 93.2 Å². The molecule has 2 N–H and O–H groups in total. The van der Waals surface area contributed by atoms with Crippen molar-refractivity contribution in [3.63, 3.8) is 0 Å². The maximum absolute atomic E-state index is 13.3. The van der Waals surface area contributed by atoms with Crippen molar-refractivity contribution in [1.29, 1.82) is 0 Å². The third-order valence-electron chi connectivity index (χ3n) is 8.33. The van der Waals surface area contributed by atoms with E-state index in [4.69, 9.17) is 0 Å². The van der Waals surface area contributed by atoms with E-state index in [2.05, 4.69) is 34.3 Å². The average molecular weight is 604 g/mol. The Bertz CT molecular complexity index is 1500. The van der Waals surface area contributed by atoms with Crippen LogP contribution in [0.15, 0.2) is 78.9 Å². The Labute approximate surface area is 254 Å². The molecule has 0 radical (unpaired) electrons. The summed E-state index contributed by atoms with van der Waals surface area (Å²) in [6.45, 7) is 3.61. The second-order valence-electron chi connectivity index (χ2n) is 11.6. The molecule has 9 nitrogen and oxygen atoms in total. The molecule has 0 aromatic heterocycles. The van der Waals surface area contributed by atoms with Gasteiger partial charge in [0, 0.05) is 50.5 Å². The summed E-state index contributed by atoms with van der Waals surface area (Å²) in [6, 6.07) is 25.4. The molecule has 2 heterocycles. The van der Waals surface area contributed by atoms with Crippen LogP contribution in [0.2, 0.25) is 0 Å². The van der Waals surface area contributed by atoms with Gasteiger partial charge < -0.3 is 20.0 Å². The minimum Gasteiger partial charge on any atom is -0.337 e. The van der Waals surface area contributed by atoms with Crippen molar-refractivity contribution in [3.05, 3.63) is 90.0 Å². The highest BCUT2D eigenvalue weighted by atomic mass is 32.2. The zero-order valence-corrected chi connectivity index (χ0v) is 25.7. The molecule has 0 unspecified atom stereocenters. The number of sulfonamides is 1. The number of hydrogen-bond acceptors (Lipinski definition) is 5. The molecule has 43 heavy (non-hydrogen) atoms. The van der Waals surface area contributed by atoms with E-state index in [1.807, 2.05) is 59.3 Å². The largest absolute Gasteiger partial charge is 0.337 e. The first-order chi connectivity index (χ1) is 20.7. The standard InChI is InChI=1S/C33H41N5O4S/c1-36(32(39)28-12-10-26(11-13-28)27-14-16-29(17-15-27)35-43(2,41)42)31-19-22-38(24-31)33(40)37-21-18-30(23-37)34-20-6-9-25-7-4-3-5-8-25/h3-5,7-8,10-17,30-31,34-35H,6,9,18-24H2,1-2H3/t30-,31-/m0/s1. The van der Waals surface area contributed by atoms with Crippen LogP contribution in [0.5, 0.6) is 0 Å². The lowest BCUT2D eigenvalue weighted by Crippen LogP contribution is -2.45. The van der Waals surface area contributed by atoms with Crippen LogP contribution >= 0.6 is 0 Å². The number of likely N-dealkylation sites (tertiary alicyclic amines) is 2. The minimum absolute atomic E-state index is 0.0273. The summed E-state index contributed by atoms with van der Waals surface area (Å²) in [6.07, 6.45) is 4.96. The van der Waals surface area contributed by atoms with Crippen LogP contribution in [0, 0.1) is 0 Å². The lowest BCUT2D eigenvalue weighted by atomic mass is 10.0. The molecule has 5 rings (SSSR count). The molecule has 3 amide bonds. The number of amides is 3. The van der Waals surface area contributed by atoms with E-state index in [1.165, 1.54) is 5.56 Å². The summed E-state index contributed by atoms with van der Waals surface area (Å²) in [4.78, 5) is 32.1. The number of carbonyl (C=O) groups is 2. The summed E-state index contributed by atoms with van der Waals surface area (Å²) >= 11 is 0. The van der Waals surface area contributed by atoms with E-state index < -0.39 is 10.0 Å². The van der Waals surface area contributed by atoms with Gasteiger partial charge in [0.1, 0.15) is 0 Å². The van der Waals surface area contributed by atoms with Crippen molar-refractivity contribution in [2.24, 2.45) is 0 Å². The fourth-order valence-corrected chi connectivity index (χ4v) is 6.46. The maximum Gasteiger partial charge on any atom is 0.320 e. The smallest absolute Gasteiger partial charge is 0.320 e. The molecule has 3 aromatic rings. The second-order valence-corrected chi connectivity index (χ2v) is 13.3. The van der Waals surface area contributed by atoms with Crippen molar-refractivity contribution < 1.29 is 18.0 Å². The molecule has 2 aliphatic heterocycles. The lowest BCUT2D eigenvalue weighted by molar-refractivity contribution is 0.0735. The molecular weight excluding hydrogens is 562 g/mol. The Balaban J connectivity index is 1.07. The zero-order valence-electron chi connectivity index (χ0n) is 24.9. The van der Waals surface area contributed by atoms with Gasteiger partial charge >= 0.3 is 6.03 Å². The highest BCUT2D eigenvalue weighted by Gasteiger charge is 2.35. The molecule has 0 aliphatic carbocycles. The Morgan fingerprint density at radius 2 is 1.49 bits per heavy atom. The summed E-state index contributed by atoms with van der Waals surface area (Å²) in [5.74, 6) is -0.0699. The topological polar surface area (TPSA) is 102 Å². The Morgan fingerprint density at radius 3 is 2.16 bits per heavy atom. The maximum atomic E-state index is 13.3. The molecule has 3 aromatic carbocycles. The number of nitrogens with zero attached hydrogens (tertiary/aromatic N) is 3. The summed E-state index contributed by atoms with van der Waals surface area (Å²) < 4.78 is 25.3. The van der Waals surface area contributed by atoms with Gasteiger partial charge in [-0.1, -0.05) is 54.6 Å². The van der Waals surface area contributed by atoms with Crippen LogP contribution in [0.25, 0.3) is 11.1 Å². The Hall–Kier alpha value is -3.89. The number of hydrogen-bond donors (Lipinski definition) is 2. The first-order valence-corrected chi connectivity index (χ1v) is 16.8. The minimum atomic E-state index is -3.33. The molecule has 2 fully saturated rings. The molecule has 2 atom stereocenters. The number of nitrogens with one attached hydrogen (secondary N) is 2. The first-order valence-electron chi connectivity index (χ1n) is 14.9. The first kappa shape index (κ1) is 30.6. The summed E-state index contributed by atoms with van der Waals surface area (Å²) in [5, 5.41) is 3.62. The van der Waals surface area contributed by atoms with Crippen molar-refractivity contribution in [3.8, 4) is 11.1 Å². The van der Waals surface area contributed by atoms with Gasteiger partial charge in [-0.25, -0.2) is 13.2 Å². The van der Waals surface area contributed by atoms with Crippen LogP contribution in [0.3, 0.4) is 0 Å². The SMILES string of the molecule is CN(C(=O)c1ccc(-c2ccc(NS(C)(=O)=O)cc2)cc1)[C@H]1CCN(C(=O)N2CC[C@H](NCCCc3ccccc3)C2)C1. The van der Waals surface area contributed by atoms with Crippen molar-refractivity contribution in [1.82, 2.24) is 20.0 Å². The monoisotopic (exact) mass is 603 g/mol. The van der Waals surface area contributed by atoms with E-state index in [9.17, 15) is 18.0 Å². The Kier molecular flexibility index (Phi) is 9.67. The van der Waals surface area contributed by atoms with Gasteiger partial charge in [0.2, 0.25) is 10.0 Å². The zero-order chi connectivity index (χ0) is 30.4. The fourth-order valence-electron chi connectivity index (χ4n) is 5.90. The predicted octanol–water partition coefficient (Wildman–Crippen LogP) is 4.29. The van der Waals surface area contributed by atoms with Gasteiger partial charge in [0.05, 0.1) is 12.3 Å². The van der Waals surface area contributed by atoms with Gasteiger partial charge in [-0.15, -0.1) is 0 Å². The molecule has 2 saturated heterocycles. The number of likely N-dealkylation sites (N-methyl/N-ethyl adjacent to an activating group) is 1. The van der Waals surface area contributed by atoms with Gasteiger partial charge in [-0.05, 0) is 73.2 Å². The van der Waals surface area contributed by atoms with Gasteiger partial charge in [0.15, 0.2) is 0 Å². The number of urea groups is 1. The average Bonchev–Trinajstić information content (AvgIpc) is 3.69. The number of anilines is 1. The highest BCUT2D eigenvalue weighted by Crippen LogP contribution is 2.24. The lowest BCUT2D eigenvalue weighted by Gasteiger charge is -2.27. The molecule has 2 aliphatic rings. The van der Waals surface area contributed by atoms with E-state index in [0.717, 1.165) is 62.7 Å². The molecule has 0 saturated carbocycles. The highest BCUT2D eigenvalue weighted by molar-refractivity contribution is 7.92. The molecular formula is C33H41N5O4S. The van der Waals surface area contributed by atoms with Crippen LogP contribution in [0.1, 0.15) is 35.2 Å². The number of aryl methyl sites for hydroxylation is 1. The third kappa shape index (κ3) is 8.14. The second kappa shape index (κ2) is 13.6. The predicted molar refractivity (Wildman–Crippen MR) is 171 cm³/mol. The van der Waals surface area contributed by atoms with Crippen molar-refractivity contribution in [2.45, 2.75) is 37.8 Å². The quantitative estimate of drug-likeness (QED) is 0.337. The van der Waals surface area contributed by atoms with Crippen molar-refractivity contribution >= 4 is 27.6 Å². The van der Waals surface area contributed by atoms with E-state index in [1.54, 1.807) is 17.0 Å². The van der Waals surface area contributed by atoms with E-state index in [0.29, 0.717) is 30.4 Å². The van der Waals surface area contributed by atoms with Crippen LogP contribution in [-0.2, 0) is 16.4 Å². The number of carbonyl (C=O) groups excluding carboxylic acids is 2. The van der Waals surface area contributed by atoms with Crippen LogP contribution in [0.4, 0.5) is 10.5 Å². The molecule has 10 heteroatoms. The van der Waals surface area contributed by atoms with E-state index in [-0.39, 0.29) is 18.0 Å². The van der Waals surface area contributed by atoms with Crippen molar-refractivity contribution in [2.75, 3.05) is 50.7 Å². The van der Waals surface area contributed by atoms with Crippen LogP contribution < -0.4 is 10.0 Å². The van der Waals surface area contributed by atoms with Gasteiger partial charge in [-0.2, -0.15) is 0 Å². The van der Waals surface area contributed by atoms with Gasteiger partial charge in [-0.3, -0.25) is 9.52 Å². The third-order valence-corrected chi connectivity index (χ3v) is 8.94. The number of benzene rings is 3. The summed E-state index contributed by atoms with van der Waals surface area (Å²) in [7, 11) is -1.52. The van der Waals surface area contributed by atoms with E-state index >= 15 is 0 Å². The van der Waals surface area contributed by atoms with Gasteiger partial charge in [0.25, 0.3) is 5.91 Å².